The molecular weight excluding hydrogens is 192 g/mol. The van der Waals surface area contributed by atoms with Crippen molar-refractivity contribution < 1.29 is 14.7 Å². The number of Topliss-reactive ketones (excluding diaryl/α,β-unsaturated/α-hetero) is 1. The van der Waals surface area contributed by atoms with Gasteiger partial charge in [-0.3, -0.25) is 9.59 Å². The highest BCUT2D eigenvalue weighted by atomic mass is 16.4. The van der Waals surface area contributed by atoms with Crippen LogP contribution in [0.4, 0.5) is 0 Å². The Balaban J connectivity index is 2.52. The number of allylic oxidation sites excluding steroid dienone is 2. The Morgan fingerprint density at radius 1 is 1.53 bits per heavy atom. The fourth-order valence-corrected chi connectivity index (χ4v) is 2.18. The van der Waals surface area contributed by atoms with Gasteiger partial charge in [-0.2, -0.15) is 0 Å². The van der Waals surface area contributed by atoms with E-state index in [0.717, 1.165) is 12.8 Å². The molecule has 3 heteroatoms. The topological polar surface area (TPSA) is 54.4 Å². The standard InChI is InChI=1S/C12H18O3/c1-2-3-4-5-10-9(8-12(14)15)6-7-11(10)13/h3-4,9-10H,2,5-8H2,1H3,(H,14,15)/b4-3-/t9-,10+/m1/s1. The first-order valence-corrected chi connectivity index (χ1v) is 5.54. The Kier molecular flexibility index (Phi) is 4.53. The molecule has 2 atom stereocenters. The molecule has 1 aliphatic rings. The molecule has 1 aliphatic carbocycles. The summed E-state index contributed by atoms with van der Waals surface area (Å²) in [5.41, 5.74) is 0. The summed E-state index contributed by atoms with van der Waals surface area (Å²) in [4.78, 5) is 22.1. The number of hydrogen-bond acceptors (Lipinski definition) is 2. The first-order chi connectivity index (χ1) is 7.15. The molecule has 1 rings (SSSR count). The zero-order valence-corrected chi connectivity index (χ0v) is 9.11. The normalized spacial score (nSPS) is 26.3. The van der Waals surface area contributed by atoms with Crippen molar-refractivity contribution >= 4 is 11.8 Å². The van der Waals surface area contributed by atoms with Crippen molar-refractivity contribution in [3.05, 3.63) is 12.2 Å². The van der Waals surface area contributed by atoms with Gasteiger partial charge in [-0.05, 0) is 25.2 Å². The third-order valence-corrected chi connectivity index (χ3v) is 2.97. The lowest BCUT2D eigenvalue weighted by atomic mass is 9.89. The minimum atomic E-state index is -0.792. The van der Waals surface area contributed by atoms with Gasteiger partial charge in [-0.25, -0.2) is 0 Å². The molecule has 0 heterocycles. The van der Waals surface area contributed by atoms with Gasteiger partial charge < -0.3 is 5.11 Å². The maximum Gasteiger partial charge on any atom is 0.303 e. The van der Waals surface area contributed by atoms with Crippen LogP contribution in [0.5, 0.6) is 0 Å². The lowest BCUT2D eigenvalue weighted by molar-refractivity contribution is -0.138. The van der Waals surface area contributed by atoms with Crippen LogP contribution in [0.15, 0.2) is 12.2 Å². The molecule has 0 amide bonds. The molecule has 0 radical (unpaired) electrons. The number of rotatable bonds is 5. The number of carboxylic acids is 1. The second kappa shape index (κ2) is 5.69. The maximum absolute atomic E-state index is 11.5. The fraction of sp³-hybridized carbons (Fsp3) is 0.667. The van der Waals surface area contributed by atoms with Crippen molar-refractivity contribution in [3.8, 4) is 0 Å². The van der Waals surface area contributed by atoms with Crippen LogP contribution >= 0.6 is 0 Å². The second-order valence-electron chi connectivity index (χ2n) is 4.08. The van der Waals surface area contributed by atoms with E-state index in [1.807, 2.05) is 19.1 Å². The van der Waals surface area contributed by atoms with Crippen LogP contribution in [0.25, 0.3) is 0 Å². The maximum atomic E-state index is 11.5. The van der Waals surface area contributed by atoms with E-state index in [1.54, 1.807) is 0 Å². The molecule has 15 heavy (non-hydrogen) atoms. The molecule has 0 aliphatic heterocycles. The molecule has 0 aromatic rings. The van der Waals surface area contributed by atoms with E-state index >= 15 is 0 Å². The third kappa shape index (κ3) is 3.50. The molecule has 0 bridgehead atoms. The first kappa shape index (κ1) is 12.0. The average Bonchev–Trinajstić information content (AvgIpc) is 2.49. The SMILES string of the molecule is CC/C=C\C[C@@H]1C(=O)CC[C@@H]1CC(=O)O. The molecule has 84 valence electrons. The highest BCUT2D eigenvalue weighted by Gasteiger charge is 2.34. The van der Waals surface area contributed by atoms with Gasteiger partial charge in [0.15, 0.2) is 0 Å². The van der Waals surface area contributed by atoms with Gasteiger partial charge in [-0.1, -0.05) is 19.1 Å². The van der Waals surface area contributed by atoms with Gasteiger partial charge in [0.1, 0.15) is 5.78 Å². The van der Waals surface area contributed by atoms with E-state index in [4.69, 9.17) is 5.11 Å². The summed E-state index contributed by atoms with van der Waals surface area (Å²) < 4.78 is 0. The molecule has 0 unspecified atom stereocenters. The molecule has 3 nitrogen and oxygen atoms in total. The van der Waals surface area contributed by atoms with Crippen molar-refractivity contribution in [1.82, 2.24) is 0 Å². The van der Waals surface area contributed by atoms with Crippen LogP contribution < -0.4 is 0 Å². The van der Waals surface area contributed by atoms with Gasteiger partial charge in [-0.15, -0.1) is 0 Å². The zero-order chi connectivity index (χ0) is 11.3. The second-order valence-corrected chi connectivity index (χ2v) is 4.08. The summed E-state index contributed by atoms with van der Waals surface area (Å²) in [6.45, 7) is 2.04. The van der Waals surface area contributed by atoms with E-state index in [9.17, 15) is 9.59 Å². The molecule has 1 saturated carbocycles. The van der Waals surface area contributed by atoms with E-state index in [1.165, 1.54) is 0 Å². The summed E-state index contributed by atoms with van der Waals surface area (Å²) in [5.74, 6) is -0.554. The van der Waals surface area contributed by atoms with Crippen molar-refractivity contribution in [2.24, 2.45) is 11.8 Å². The predicted molar refractivity (Wildman–Crippen MR) is 57.5 cm³/mol. The van der Waals surface area contributed by atoms with Crippen molar-refractivity contribution in [2.45, 2.75) is 39.0 Å². The largest absolute Gasteiger partial charge is 0.481 e. The first-order valence-electron chi connectivity index (χ1n) is 5.54. The summed E-state index contributed by atoms with van der Waals surface area (Å²) in [6, 6.07) is 0. The van der Waals surface area contributed by atoms with Gasteiger partial charge in [0.2, 0.25) is 0 Å². The fourth-order valence-electron chi connectivity index (χ4n) is 2.18. The van der Waals surface area contributed by atoms with Gasteiger partial charge >= 0.3 is 5.97 Å². The molecule has 1 N–H and O–H groups in total. The average molecular weight is 210 g/mol. The monoisotopic (exact) mass is 210 g/mol. The Morgan fingerprint density at radius 2 is 2.27 bits per heavy atom. The lowest BCUT2D eigenvalue weighted by Crippen LogP contribution is -2.17. The van der Waals surface area contributed by atoms with Gasteiger partial charge in [0.05, 0.1) is 0 Å². The molecule has 0 spiro atoms. The third-order valence-electron chi connectivity index (χ3n) is 2.97. The summed E-state index contributed by atoms with van der Waals surface area (Å²) in [5, 5.41) is 8.72. The van der Waals surface area contributed by atoms with Crippen molar-refractivity contribution in [1.29, 1.82) is 0 Å². The lowest BCUT2D eigenvalue weighted by Gasteiger charge is -2.14. The van der Waals surface area contributed by atoms with Gasteiger partial charge in [0.25, 0.3) is 0 Å². The molecule has 0 aromatic heterocycles. The number of carboxylic acid groups (broad SMARTS) is 1. The van der Waals surface area contributed by atoms with E-state index < -0.39 is 5.97 Å². The van der Waals surface area contributed by atoms with E-state index in [-0.39, 0.29) is 24.0 Å². The highest BCUT2D eigenvalue weighted by molar-refractivity contribution is 5.84. The number of carbonyl (C=O) groups excluding carboxylic acids is 1. The smallest absolute Gasteiger partial charge is 0.303 e. The molecule has 0 saturated heterocycles. The Bertz CT molecular complexity index is 268. The summed E-state index contributed by atoms with van der Waals surface area (Å²) in [7, 11) is 0. The molecule has 1 fully saturated rings. The van der Waals surface area contributed by atoms with Crippen molar-refractivity contribution in [3.63, 3.8) is 0 Å². The highest BCUT2D eigenvalue weighted by Crippen LogP contribution is 2.33. The Morgan fingerprint density at radius 3 is 2.87 bits per heavy atom. The Labute approximate surface area is 90.2 Å². The van der Waals surface area contributed by atoms with Crippen LogP contribution in [-0.4, -0.2) is 16.9 Å². The van der Waals surface area contributed by atoms with Crippen LogP contribution in [0.2, 0.25) is 0 Å². The number of ketones is 1. The number of hydrogen-bond donors (Lipinski definition) is 1. The van der Waals surface area contributed by atoms with Crippen LogP contribution in [-0.2, 0) is 9.59 Å². The molecular formula is C12H18O3. The molecule has 0 aromatic carbocycles. The van der Waals surface area contributed by atoms with Crippen molar-refractivity contribution in [2.75, 3.05) is 0 Å². The number of carbonyl (C=O) groups is 2. The van der Waals surface area contributed by atoms with Gasteiger partial charge in [0, 0.05) is 18.8 Å². The minimum absolute atomic E-state index is 0.0519. The van der Waals surface area contributed by atoms with Crippen LogP contribution in [0, 0.1) is 11.8 Å². The summed E-state index contributed by atoms with van der Waals surface area (Å²) in [6.07, 6.45) is 7.15. The zero-order valence-electron chi connectivity index (χ0n) is 9.11. The minimum Gasteiger partial charge on any atom is -0.481 e. The van der Waals surface area contributed by atoms with E-state index in [2.05, 4.69) is 0 Å². The van der Waals surface area contributed by atoms with E-state index in [0.29, 0.717) is 12.8 Å². The quantitative estimate of drug-likeness (QED) is 0.709. The predicted octanol–water partition coefficient (Wildman–Crippen LogP) is 2.41. The van der Waals surface area contributed by atoms with Crippen LogP contribution in [0.3, 0.4) is 0 Å². The summed E-state index contributed by atoms with van der Waals surface area (Å²) >= 11 is 0. The van der Waals surface area contributed by atoms with Crippen LogP contribution in [0.1, 0.15) is 39.0 Å². The Hall–Kier alpha value is -1.12. The number of aliphatic carboxylic acids is 1.